The topological polar surface area (TPSA) is 312 Å². The van der Waals surface area contributed by atoms with E-state index in [1.807, 2.05) is 4.98 Å². The van der Waals surface area contributed by atoms with Gasteiger partial charge < -0.3 is 70.4 Å². The SMILES string of the molecule is CC(=O)N[C@@H]1[C@H](O[C@@H]2O[C@H](CC(O)C3O[C@@H](n4ccc(=O)[nH]c4=O)[C@H](O)[C@@H]3O)[C@H](O)[C@H](O)[C@H]2NC(=O)/C=C\CCCCCCCCC(C)C)O[C@@H](CO)[C@H](O)[C@H]1O. The first-order valence-electron chi connectivity index (χ1n) is 19.6. The van der Waals surface area contributed by atoms with Crippen molar-refractivity contribution in [3.05, 3.63) is 45.3 Å². The van der Waals surface area contributed by atoms with Gasteiger partial charge in [0.15, 0.2) is 18.8 Å². The molecule has 4 heterocycles. The van der Waals surface area contributed by atoms with Crippen LogP contribution in [0.4, 0.5) is 0 Å². The van der Waals surface area contributed by atoms with Crippen LogP contribution >= 0.6 is 0 Å². The van der Waals surface area contributed by atoms with Crippen LogP contribution in [0.5, 0.6) is 0 Å². The van der Waals surface area contributed by atoms with Crippen LogP contribution in [0.3, 0.4) is 0 Å². The van der Waals surface area contributed by atoms with E-state index >= 15 is 0 Å². The first-order valence-corrected chi connectivity index (χ1v) is 19.6. The van der Waals surface area contributed by atoms with Crippen molar-refractivity contribution in [2.24, 2.45) is 5.92 Å². The van der Waals surface area contributed by atoms with Gasteiger partial charge in [-0.3, -0.25) is 23.9 Å². The lowest BCUT2D eigenvalue weighted by Crippen LogP contribution is -2.68. The molecule has 0 aliphatic carbocycles. The van der Waals surface area contributed by atoms with E-state index in [-0.39, 0.29) is 0 Å². The molecule has 0 radical (unpaired) electrons. The van der Waals surface area contributed by atoms with Crippen molar-refractivity contribution < 1.29 is 69.4 Å². The van der Waals surface area contributed by atoms with E-state index in [0.29, 0.717) is 12.3 Å². The number of nitrogens with one attached hydrogen (secondary N) is 3. The van der Waals surface area contributed by atoms with Crippen LogP contribution in [0, 0.1) is 5.92 Å². The molecule has 324 valence electrons. The molecule has 3 saturated heterocycles. The maximum atomic E-state index is 13.1. The molecular formula is C37H60N4O16. The second-order valence-corrected chi connectivity index (χ2v) is 15.4. The molecule has 15 atom stereocenters. The lowest BCUT2D eigenvalue weighted by Gasteiger charge is -2.47. The van der Waals surface area contributed by atoms with Crippen molar-refractivity contribution in [3.8, 4) is 0 Å². The minimum atomic E-state index is -1.85. The number of rotatable bonds is 19. The Kier molecular flexibility index (Phi) is 17.8. The zero-order chi connectivity index (χ0) is 42.0. The lowest BCUT2D eigenvalue weighted by atomic mass is 9.91. The summed E-state index contributed by atoms with van der Waals surface area (Å²) in [6.45, 7) is 4.75. The minimum absolute atomic E-state index is 0.598. The van der Waals surface area contributed by atoms with Gasteiger partial charge in [0.05, 0.1) is 18.8 Å². The van der Waals surface area contributed by atoms with Gasteiger partial charge in [-0.25, -0.2) is 4.79 Å². The van der Waals surface area contributed by atoms with Crippen molar-refractivity contribution in [3.63, 3.8) is 0 Å². The highest BCUT2D eigenvalue weighted by molar-refractivity contribution is 5.87. The molecule has 2 unspecified atom stereocenters. The molecule has 0 spiro atoms. The number of aromatic nitrogens is 2. The maximum Gasteiger partial charge on any atom is 0.330 e. The molecule has 1 aromatic rings. The van der Waals surface area contributed by atoms with Gasteiger partial charge in [-0.15, -0.1) is 0 Å². The van der Waals surface area contributed by atoms with E-state index in [4.69, 9.17) is 18.9 Å². The second kappa shape index (κ2) is 21.8. The molecule has 3 aliphatic heterocycles. The van der Waals surface area contributed by atoms with Gasteiger partial charge in [-0.1, -0.05) is 58.4 Å². The zero-order valence-corrected chi connectivity index (χ0v) is 32.4. The van der Waals surface area contributed by atoms with Crippen LogP contribution in [0.1, 0.15) is 84.8 Å². The molecule has 0 saturated carbocycles. The quantitative estimate of drug-likeness (QED) is 0.0494. The summed E-state index contributed by atoms with van der Waals surface area (Å²) in [5.74, 6) is -0.665. The van der Waals surface area contributed by atoms with Gasteiger partial charge in [0.2, 0.25) is 11.8 Å². The van der Waals surface area contributed by atoms with Gasteiger partial charge in [-0.05, 0) is 24.8 Å². The monoisotopic (exact) mass is 816 g/mol. The molecule has 3 aliphatic rings. The van der Waals surface area contributed by atoms with E-state index < -0.39 is 128 Å². The number of unbranched alkanes of at least 4 members (excludes halogenated alkanes) is 6. The van der Waals surface area contributed by atoms with E-state index in [1.54, 1.807) is 6.08 Å². The molecule has 20 heteroatoms. The van der Waals surface area contributed by atoms with Gasteiger partial charge in [0, 0.05) is 25.6 Å². The summed E-state index contributed by atoms with van der Waals surface area (Å²) in [6.07, 6.45) is -10.3. The third-order valence-corrected chi connectivity index (χ3v) is 10.5. The van der Waals surface area contributed by atoms with Crippen LogP contribution in [0.2, 0.25) is 0 Å². The first-order chi connectivity index (χ1) is 27.0. The number of hydrogen-bond acceptors (Lipinski definition) is 16. The Morgan fingerprint density at radius 1 is 0.842 bits per heavy atom. The number of carbonyl (C=O) groups is 2. The van der Waals surface area contributed by atoms with Crippen molar-refractivity contribution in [2.45, 2.75) is 170 Å². The van der Waals surface area contributed by atoms with Gasteiger partial charge in [0.1, 0.15) is 60.9 Å². The number of ether oxygens (including phenoxy) is 4. The van der Waals surface area contributed by atoms with Crippen LogP contribution in [-0.2, 0) is 28.5 Å². The van der Waals surface area contributed by atoms with Crippen LogP contribution < -0.4 is 21.9 Å². The predicted octanol–water partition coefficient (Wildman–Crippen LogP) is -2.87. The summed E-state index contributed by atoms with van der Waals surface area (Å²) >= 11 is 0. The highest BCUT2D eigenvalue weighted by Gasteiger charge is 2.53. The van der Waals surface area contributed by atoms with E-state index in [2.05, 4.69) is 24.5 Å². The maximum absolute atomic E-state index is 13.1. The van der Waals surface area contributed by atoms with E-state index in [1.165, 1.54) is 25.3 Å². The van der Waals surface area contributed by atoms with Crippen molar-refractivity contribution >= 4 is 11.8 Å². The summed E-state index contributed by atoms with van der Waals surface area (Å²) in [4.78, 5) is 51.0. The molecule has 57 heavy (non-hydrogen) atoms. The number of carbonyl (C=O) groups excluding carboxylic acids is 2. The lowest BCUT2D eigenvalue weighted by molar-refractivity contribution is -0.346. The van der Waals surface area contributed by atoms with Crippen molar-refractivity contribution in [2.75, 3.05) is 6.61 Å². The van der Waals surface area contributed by atoms with E-state index in [9.17, 15) is 60.0 Å². The molecule has 20 nitrogen and oxygen atoms in total. The smallest absolute Gasteiger partial charge is 0.330 e. The van der Waals surface area contributed by atoms with E-state index in [0.717, 1.165) is 49.4 Å². The minimum Gasteiger partial charge on any atom is -0.394 e. The number of aliphatic hydroxyl groups is 8. The Morgan fingerprint density at radius 3 is 2.05 bits per heavy atom. The fraction of sp³-hybridized carbons (Fsp3) is 0.784. The average molecular weight is 817 g/mol. The largest absolute Gasteiger partial charge is 0.394 e. The molecule has 0 aromatic carbocycles. The Balaban J connectivity index is 1.48. The number of hydrogen-bond donors (Lipinski definition) is 11. The molecule has 11 N–H and O–H groups in total. The fourth-order valence-corrected chi connectivity index (χ4v) is 7.27. The number of aromatic amines is 1. The van der Waals surface area contributed by atoms with Crippen LogP contribution in [-0.4, -0.2) is 155 Å². The third kappa shape index (κ3) is 12.4. The summed E-state index contributed by atoms with van der Waals surface area (Å²) < 4.78 is 24.1. The fourth-order valence-electron chi connectivity index (χ4n) is 7.27. The molecule has 3 fully saturated rings. The van der Waals surface area contributed by atoms with Crippen molar-refractivity contribution in [1.29, 1.82) is 0 Å². The highest BCUT2D eigenvalue weighted by Crippen LogP contribution is 2.34. The number of aliphatic hydroxyl groups excluding tert-OH is 8. The number of nitrogens with zero attached hydrogens (tertiary/aromatic N) is 1. The summed E-state index contributed by atoms with van der Waals surface area (Å²) in [7, 11) is 0. The Morgan fingerprint density at radius 2 is 1.44 bits per heavy atom. The molecule has 1 aromatic heterocycles. The Hall–Kier alpha value is -3.12. The number of H-pyrrole nitrogens is 1. The highest BCUT2D eigenvalue weighted by atomic mass is 16.8. The zero-order valence-electron chi connectivity index (χ0n) is 32.4. The van der Waals surface area contributed by atoms with Gasteiger partial charge in [-0.2, -0.15) is 0 Å². The molecule has 4 rings (SSSR count). The number of allylic oxidation sites excluding steroid dienone is 1. The van der Waals surface area contributed by atoms with Gasteiger partial charge >= 0.3 is 5.69 Å². The van der Waals surface area contributed by atoms with Crippen LogP contribution in [0.25, 0.3) is 0 Å². The second-order valence-electron chi connectivity index (χ2n) is 15.4. The third-order valence-electron chi connectivity index (χ3n) is 10.5. The average Bonchev–Trinajstić information content (AvgIpc) is 3.45. The molecular weight excluding hydrogens is 756 g/mol. The van der Waals surface area contributed by atoms with Gasteiger partial charge in [0.25, 0.3) is 5.56 Å². The summed E-state index contributed by atoms with van der Waals surface area (Å²) in [6, 6.07) is -2.01. The Labute approximate surface area is 329 Å². The van der Waals surface area contributed by atoms with Crippen LogP contribution in [0.15, 0.2) is 34.0 Å². The predicted molar refractivity (Wildman–Crippen MR) is 198 cm³/mol. The molecule has 0 bridgehead atoms. The molecule has 2 amide bonds. The summed E-state index contributed by atoms with van der Waals surface area (Å²) in [5, 5.41) is 91.3. The first kappa shape index (κ1) is 46.6. The standard InChI is InChI=1S/C37H60N4O16/c1-18(2)12-10-8-6-4-5-7-9-11-13-23(45)39-26-30(50)27(47)21(54-36(26)57-35-25(38-19(3)43)29(49)28(48)22(17-42)55-35)16-20(44)33-31(51)32(52)34(56-33)41-15-14-24(46)40-37(41)53/h11,13-15,18,20-22,25-36,42,44,47-52H,4-10,12,16-17H2,1-3H3,(H,38,43)(H,39,45)(H,40,46,53)/b13-11-/t20?,21-,22+,25+,26-,27+,28+,29+,30-,31+,32-,33?,34-,35+,36+/m1/s1. The normalized spacial score (nSPS) is 35.1. The summed E-state index contributed by atoms with van der Waals surface area (Å²) in [5.41, 5.74) is -1.68. The Bertz CT molecular complexity index is 1570. The van der Waals surface area contributed by atoms with Crippen molar-refractivity contribution in [1.82, 2.24) is 20.2 Å². The number of amides is 2.